The number of fused-ring (bicyclic) bond motifs is 1. The molecular formula is C16H22N2O2S. The van der Waals surface area contributed by atoms with Crippen molar-refractivity contribution in [3.05, 3.63) is 28.8 Å². The van der Waals surface area contributed by atoms with Gasteiger partial charge in [0.05, 0.1) is 17.5 Å². The lowest BCUT2D eigenvalue weighted by molar-refractivity contribution is 0.422. The summed E-state index contributed by atoms with van der Waals surface area (Å²) in [5.41, 5.74) is 3.67. The molecular weight excluding hydrogens is 284 g/mol. The molecule has 21 heavy (non-hydrogen) atoms. The summed E-state index contributed by atoms with van der Waals surface area (Å²) < 4.78 is 26.9. The average molecular weight is 306 g/mol. The molecule has 0 spiro atoms. The number of anilines is 1. The molecule has 0 saturated heterocycles. The lowest BCUT2D eigenvalue weighted by Crippen LogP contribution is -2.36. The number of hydrogen-bond donors (Lipinski definition) is 0. The Morgan fingerprint density at radius 1 is 1.29 bits per heavy atom. The molecule has 4 nitrogen and oxygen atoms in total. The van der Waals surface area contributed by atoms with Gasteiger partial charge >= 0.3 is 0 Å². The van der Waals surface area contributed by atoms with Crippen LogP contribution in [0.25, 0.3) is 0 Å². The van der Waals surface area contributed by atoms with Crippen LogP contribution < -0.4 is 4.31 Å². The normalized spacial score (nSPS) is 14.9. The maximum atomic E-state index is 12.7. The summed E-state index contributed by atoms with van der Waals surface area (Å²) in [5.74, 6) is -0.0000753. The van der Waals surface area contributed by atoms with Crippen LogP contribution in [0.1, 0.15) is 37.0 Å². The number of hydrogen-bond acceptors (Lipinski definition) is 3. The highest BCUT2D eigenvalue weighted by Gasteiger charge is 2.34. The molecule has 5 heteroatoms. The molecule has 0 aromatic heterocycles. The maximum Gasteiger partial charge on any atom is 0.235 e. The minimum Gasteiger partial charge on any atom is -0.270 e. The smallest absolute Gasteiger partial charge is 0.235 e. The van der Waals surface area contributed by atoms with Gasteiger partial charge in [0.25, 0.3) is 0 Å². The highest BCUT2D eigenvalue weighted by Crippen LogP contribution is 2.35. The molecule has 1 aliphatic heterocycles. The lowest BCUT2D eigenvalue weighted by atomic mass is 9.93. The van der Waals surface area contributed by atoms with Gasteiger partial charge in [-0.05, 0) is 48.4 Å². The SMILES string of the molecule is Cc1cc2c(cc1C)N(S(=O)(=O)CC(C)(C)CC#N)CC2. The number of sulfonamides is 1. The van der Waals surface area contributed by atoms with Crippen LogP contribution in [0.4, 0.5) is 5.69 Å². The molecule has 0 atom stereocenters. The second kappa shape index (κ2) is 5.34. The fraction of sp³-hybridized carbons (Fsp3) is 0.562. The van der Waals surface area contributed by atoms with Crippen LogP contribution in [-0.4, -0.2) is 20.7 Å². The van der Waals surface area contributed by atoms with Gasteiger partial charge in [0.15, 0.2) is 0 Å². The molecule has 0 fully saturated rings. The van der Waals surface area contributed by atoms with Crippen molar-refractivity contribution >= 4 is 15.7 Å². The zero-order valence-electron chi connectivity index (χ0n) is 13.1. The van der Waals surface area contributed by atoms with Gasteiger partial charge in [-0.15, -0.1) is 0 Å². The van der Waals surface area contributed by atoms with E-state index in [9.17, 15) is 8.42 Å². The molecule has 1 heterocycles. The second-order valence-corrected chi connectivity index (χ2v) is 8.54. The molecule has 1 aromatic rings. The number of rotatable bonds is 4. The van der Waals surface area contributed by atoms with Gasteiger partial charge in [0.1, 0.15) is 0 Å². The Morgan fingerprint density at radius 3 is 2.52 bits per heavy atom. The minimum atomic E-state index is -3.40. The van der Waals surface area contributed by atoms with Gasteiger partial charge in [0.2, 0.25) is 10.0 Å². The zero-order valence-corrected chi connectivity index (χ0v) is 13.9. The molecule has 0 amide bonds. The molecule has 2 rings (SSSR count). The van der Waals surface area contributed by atoms with Gasteiger partial charge in [-0.2, -0.15) is 5.26 Å². The number of nitrogens with zero attached hydrogens (tertiary/aromatic N) is 2. The first-order chi connectivity index (χ1) is 9.66. The van der Waals surface area contributed by atoms with E-state index in [4.69, 9.17) is 5.26 Å². The van der Waals surface area contributed by atoms with Crippen LogP contribution in [0.2, 0.25) is 0 Å². The van der Waals surface area contributed by atoms with Crippen LogP contribution in [0.15, 0.2) is 12.1 Å². The predicted molar refractivity (Wildman–Crippen MR) is 84.8 cm³/mol. The summed E-state index contributed by atoms with van der Waals surface area (Å²) in [6.07, 6.45) is 0.994. The van der Waals surface area contributed by atoms with Crippen molar-refractivity contribution in [1.82, 2.24) is 0 Å². The third-order valence-electron chi connectivity index (χ3n) is 4.01. The van der Waals surface area contributed by atoms with Crippen molar-refractivity contribution in [2.75, 3.05) is 16.6 Å². The number of benzene rings is 1. The Morgan fingerprint density at radius 2 is 1.90 bits per heavy atom. The van der Waals surface area contributed by atoms with E-state index in [1.54, 1.807) is 0 Å². The van der Waals surface area contributed by atoms with Crippen molar-refractivity contribution in [2.24, 2.45) is 5.41 Å². The van der Waals surface area contributed by atoms with E-state index in [0.717, 1.165) is 23.2 Å². The molecule has 0 bridgehead atoms. The van der Waals surface area contributed by atoms with Gasteiger partial charge in [0, 0.05) is 13.0 Å². The highest BCUT2D eigenvalue weighted by atomic mass is 32.2. The fourth-order valence-corrected chi connectivity index (χ4v) is 4.85. The Hall–Kier alpha value is -1.54. The fourth-order valence-electron chi connectivity index (χ4n) is 2.76. The summed E-state index contributed by atoms with van der Waals surface area (Å²) in [6, 6.07) is 6.12. The Balaban J connectivity index is 2.34. The standard InChI is InChI=1S/C16H22N2O2S/c1-12-9-14-5-8-18(15(14)10-13(12)2)21(19,20)11-16(3,4)6-7-17/h9-10H,5-6,8,11H2,1-4H3. The van der Waals surface area contributed by atoms with E-state index in [2.05, 4.69) is 12.1 Å². The first-order valence-corrected chi connectivity index (χ1v) is 8.75. The summed E-state index contributed by atoms with van der Waals surface area (Å²) in [4.78, 5) is 0. The van der Waals surface area contributed by atoms with Gasteiger partial charge in [-0.3, -0.25) is 4.31 Å². The Bertz CT molecular complexity index is 700. The van der Waals surface area contributed by atoms with Crippen LogP contribution in [0.5, 0.6) is 0 Å². The molecule has 1 aliphatic rings. The molecule has 0 saturated carbocycles. The van der Waals surface area contributed by atoms with E-state index < -0.39 is 15.4 Å². The first-order valence-electron chi connectivity index (χ1n) is 7.14. The summed E-state index contributed by atoms with van der Waals surface area (Å²) >= 11 is 0. The number of nitriles is 1. The number of aryl methyl sites for hydroxylation is 2. The summed E-state index contributed by atoms with van der Waals surface area (Å²) in [6.45, 7) is 8.20. The van der Waals surface area contributed by atoms with Crippen LogP contribution >= 0.6 is 0 Å². The maximum absolute atomic E-state index is 12.7. The molecule has 1 aromatic carbocycles. The first kappa shape index (κ1) is 15.8. The minimum absolute atomic E-state index is 0.0000753. The topological polar surface area (TPSA) is 61.2 Å². The Kier molecular flexibility index (Phi) is 4.03. The summed E-state index contributed by atoms with van der Waals surface area (Å²) in [7, 11) is -3.40. The van der Waals surface area contributed by atoms with Gasteiger partial charge in [-0.25, -0.2) is 8.42 Å². The Labute approximate surface area is 127 Å². The monoisotopic (exact) mass is 306 g/mol. The second-order valence-electron chi connectivity index (χ2n) is 6.64. The van der Waals surface area contributed by atoms with Gasteiger partial charge < -0.3 is 0 Å². The average Bonchev–Trinajstić information content (AvgIpc) is 2.71. The van der Waals surface area contributed by atoms with E-state index in [1.165, 1.54) is 9.87 Å². The third-order valence-corrected chi connectivity index (χ3v) is 6.21. The van der Waals surface area contributed by atoms with Crippen molar-refractivity contribution in [3.63, 3.8) is 0 Å². The predicted octanol–water partition coefficient (Wildman–Crippen LogP) is 2.94. The van der Waals surface area contributed by atoms with Crippen molar-refractivity contribution < 1.29 is 8.42 Å². The molecule has 114 valence electrons. The zero-order chi connectivity index (χ0) is 15.8. The van der Waals surface area contributed by atoms with E-state index >= 15 is 0 Å². The van der Waals surface area contributed by atoms with Crippen molar-refractivity contribution in [2.45, 2.75) is 40.5 Å². The van der Waals surface area contributed by atoms with Crippen molar-refractivity contribution in [1.29, 1.82) is 5.26 Å². The quantitative estimate of drug-likeness (QED) is 0.859. The van der Waals surface area contributed by atoms with E-state index in [0.29, 0.717) is 6.54 Å². The highest BCUT2D eigenvalue weighted by molar-refractivity contribution is 7.92. The van der Waals surface area contributed by atoms with E-state index in [-0.39, 0.29) is 12.2 Å². The van der Waals surface area contributed by atoms with E-state index in [1.807, 2.05) is 33.8 Å². The van der Waals surface area contributed by atoms with Crippen molar-refractivity contribution in [3.8, 4) is 6.07 Å². The lowest BCUT2D eigenvalue weighted by Gasteiger charge is -2.26. The molecule has 0 N–H and O–H groups in total. The van der Waals surface area contributed by atoms with Crippen LogP contribution in [0, 0.1) is 30.6 Å². The van der Waals surface area contributed by atoms with Gasteiger partial charge in [-0.1, -0.05) is 19.9 Å². The summed E-state index contributed by atoms with van der Waals surface area (Å²) in [5, 5.41) is 8.83. The van der Waals surface area contributed by atoms with Crippen LogP contribution in [-0.2, 0) is 16.4 Å². The molecule has 0 unspecified atom stereocenters. The van der Waals surface area contributed by atoms with Crippen LogP contribution in [0.3, 0.4) is 0 Å². The molecule has 0 radical (unpaired) electrons. The third kappa shape index (κ3) is 3.21. The molecule has 0 aliphatic carbocycles. The largest absolute Gasteiger partial charge is 0.270 e.